The Morgan fingerprint density at radius 2 is 1.89 bits per heavy atom. The molecular formula is C17H14F4N2O4S. The van der Waals surface area contributed by atoms with Crippen LogP contribution in [0.25, 0.3) is 0 Å². The van der Waals surface area contributed by atoms with Gasteiger partial charge in [-0.3, -0.25) is 9.52 Å². The van der Waals surface area contributed by atoms with Crippen LogP contribution in [-0.2, 0) is 21.2 Å². The van der Waals surface area contributed by atoms with Gasteiger partial charge < -0.3 is 9.64 Å². The smallest absolute Gasteiger partial charge is 0.422 e. The first kappa shape index (κ1) is 19.9. The van der Waals surface area contributed by atoms with Crippen molar-refractivity contribution in [2.75, 3.05) is 23.3 Å². The molecule has 0 aromatic heterocycles. The molecule has 1 aliphatic rings. The van der Waals surface area contributed by atoms with Crippen LogP contribution < -0.4 is 14.4 Å². The molecule has 0 saturated carbocycles. The molecule has 11 heteroatoms. The number of fused-ring (bicyclic) bond motifs is 1. The standard InChI is InChI=1S/C17H14F4N2O4S/c1-23-14-4-3-12(6-10(14)7-16(23)24)28(25,26)22-13-8-11(18)2-5-15(13)27-9-17(19,20)21/h2-6,8,22H,7,9H2,1H3. The number of ether oxygens (including phenoxy) is 1. The number of amides is 1. The molecule has 0 saturated heterocycles. The van der Waals surface area contributed by atoms with E-state index in [9.17, 15) is 30.8 Å². The molecule has 1 amide bonds. The fourth-order valence-corrected chi connectivity index (χ4v) is 3.80. The Bertz CT molecular complexity index is 1040. The molecule has 3 rings (SSSR count). The fourth-order valence-electron chi connectivity index (χ4n) is 2.68. The van der Waals surface area contributed by atoms with Crippen molar-refractivity contribution in [2.24, 2.45) is 0 Å². The van der Waals surface area contributed by atoms with Crippen LogP contribution in [0.3, 0.4) is 0 Å². The Balaban J connectivity index is 1.90. The number of alkyl halides is 3. The first-order chi connectivity index (χ1) is 13.0. The molecule has 28 heavy (non-hydrogen) atoms. The molecule has 1 aliphatic heterocycles. The Morgan fingerprint density at radius 1 is 1.18 bits per heavy atom. The molecule has 0 radical (unpaired) electrons. The molecule has 6 nitrogen and oxygen atoms in total. The maximum absolute atomic E-state index is 13.5. The molecule has 0 atom stereocenters. The number of halogens is 4. The lowest BCUT2D eigenvalue weighted by atomic mass is 10.2. The van der Waals surface area contributed by atoms with Gasteiger partial charge in [-0.25, -0.2) is 12.8 Å². The summed E-state index contributed by atoms with van der Waals surface area (Å²) in [6, 6.07) is 6.44. The summed E-state index contributed by atoms with van der Waals surface area (Å²) >= 11 is 0. The number of hydrogen-bond acceptors (Lipinski definition) is 4. The van der Waals surface area contributed by atoms with Gasteiger partial charge in [0.05, 0.1) is 17.0 Å². The average molecular weight is 418 g/mol. The number of anilines is 2. The van der Waals surface area contributed by atoms with Crippen LogP contribution in [0.15, 0.2) is 41.3 Å². The predicted octanol–water partition coefficient (Wildman–Crippen LogP) is 3.09. The summed E-state index contributed by atoms with van der Waals surface area (Å²) in [5.41, 5.74) is 0.574. The molecule has 0 fully saturated rings. The van der Waals surface area contributed by atoms with Crippen LogP contribution in [0.2, 0.25) is 0 Å². The van der Waals surface area contributed by atoms with E-state index in [4.69, 9.17) is 0 Å². The summed E-state index contributed by atoms with van der Waals surface area (Å²) in [5, 5.41) is 0. The lowest BCUT2D eigenvalue weighted by Crippen LogP contribution is -2.21. The fraction of sp³-hybridized carbons (Fsp3) is 0.235. The highest BCUT2D eigenvalue weighted by atomic mass is 32.2. The third kappa shape index (κ3) is 4.19. The maximum atomic E-state index is 13.5. The largest absolute Gasteiger partial charge is 0.482 e. The van der Waals surface area contributed by atoms with Crippen molar-refractivity contribution in [2.45, 2.75) is 17.5 Å². The third-order valence-electron chi connectivity index (χ3n) is 4.02. The molecule has 2 aromatic rings. The van der Waals surface area contributed by atoms with Gasteiger partial charge in [-0.15, -0.1) is 0 Å². The van der Waals surface area contributed by atoms with Gasteiger partial charge in [-0.1, -0.05) is 0 Å². The Kier molecular flexibility index (Phi) is 4.96. The van der Waals surface area contributed by atoms with Crippen molar-refractivity contribution in [3.8, 4) is 5.75 Å². The van der Waals surface area contributed by atoms with E-state index in [1.54, 1.807) is 7.05 Å². The van der Waals surface area contributed by atoms with Crippen molar-refractivity contribution in [3.63, 3.8) is 0 Å². The molecule has 0 bridgehead atoms. The van der Waals surface area contributed by atoms with Crippen LogP contribution in [0.5, 0.6) is 5.75 Å². The quantitative estimate of drug-likeness (QED) is 0.758. The zero-order valence-corrected chi connectivity index (χ0v) is 15.2. The number of hydrogen-bond donors (Lipinski definition) is 1. The minimum absolute atomic E-state index is 0.0229. The number of nitrogens with one attached hydrogen (secondary N) is 1. The number of rotatable bonds is 5. The number of carbonyl (C=O) groups excluding carboxylic acids is 1. The first-order valence-corrected chi connectivity index (χ1v) is 9.36. The van der Waals surface area contributed by atoms with Gasteiger partial charge in [-0.05, 0) is 35.9 Å². The summed E-state index contributed by atoms with van der Waals surface area (Å²) in [7, 11) is -2.72. The average Bonchev–Trinajstić information content (AvgIpc) is 2.87. The Labute approximate surface area is 157 Å². The van der Waals surface area contributed by atoms with Gasteiger partial charge in [-0.2, -0.15) is 13.2 Å². The van der Waals surface area contributed by atoms with Gasteiger partial charge in [0.2, 0.25) is 5.91 Å². The highest BCUT2D eigenvalue weighted by Crippen LogP contribution is 2.32. The Hall–Kier alpha value is -2.82. The number of carbonyl (C=O) groups is 1. The van der Waals surface area contributed by atoms with E-state index >= 15 is 0 Å². The van der Waals surface area contributed by atoms with Crippen molar-refractivity contribution in [1.29, 1.82) is 0 Å². The number of nitrogens with zero attached hydrogens (tertiary/aromatic N) is 1. The lowest BCUT2D eigenvalue weighted by molar-refractivity contribution is -0.153. The first-order valence-electron chi connectivity index (χ1n) is 7.88. The van der Waals surface area contributed by atoms with Crippen LogP contribution in [0, 0.1) is 5.82 Å². The topological polar surface area (TPSA) is 75.7 Å². The normalized spacial score (nSPS) is 14.2. The molecule has 0 spiro atoms. The summed E-state index contributed by atoms with van der Waals surface area (Å²) in [6.07, 6.45) is -4.63. The molecule has 1 heterocycles. The number of benzene rings is 2. The summed E-state index contributed by atoms with van der Waals surface area (Å²) in [5.74, 6) is -1.54. The van der Waals surface area contributed by atoms with E-state index in [0.29, 0.717) is 17.3 Å². The summed E-state index contributed by atoms with van der Waals surface area (Å²) in [4.78, 5) is 12.9. The second-order valence-corrected chi connectivity index (χ2v) is 7.75. The predicted molar refractivity (Wildman–Crippen MR) is 92.3 cm³/mol. The van der Waals surface area contributed by atoms with E-state index in [-0.39, 0.29) is 17.2 Å². The van der Waals surface area contributed by atoms with Crippen LogP contribution in [0.1, 0.15) is 5.56 Å². The lowest BCUT2D eigenvalue weighted by Gasteiger charge is -2.15. The third-order valence-corrected chi connectivity index (χ3v) is 5.38. The van der Waals surface area contributed by atoms with Crippen molar-refractivity contribution >= 4 is 27.3 Å². The monoisotopic (exact) mass is 418 g/mol. The highest BCUT2D eigenvalue weighted by molar-refractivity contribution is 7.92. The van der Waals surface area contributed by atoms with E-state index < -0.39 is 40.1 Å². The van der Waals surface area contributed by atoms with Crippen LogP contribution >= 0.6 is 0 Å². The summed E-state index contributed by atoms with van der Waals surface area (Å²) < 4.78 is 82.5. The van der Waals surface area contributed by atoms with Gasteiger partial charge in [0, 0.05) is 18.8 Å². The van der Waals surface area contributed by atoms with Crippen molar-refractivity contribution in [3.05, 3.63) is 47.8 Å². The molecular weight excluding hydrogens is 404 g/mol. The zero-order chi connectivity index (χ0) is 20.7. The van der Waals surface area contributed by atoms with Gasteiger partial charge in [0.25, 0.3) is 10.0 Å². The van der Waals surface area contributed by atoms with Crippen molar-refractivity contribution in [1.82, 2.24) is 0 Å². The van der Waals surface area contributed by atoms with Gasteiger partial charge in [0.1, 0.15) is 11.6 Å². The molecule has 0 aliphatic carbocycles. The van der Waals surface area contributed by atoms with Crippen LogP contribution in [-0.4, -0.2) is 34.2 Å². The molecule has 2 aromatic carbocycles. The SMILES string of the molecule is CN1C(=O)Cc2cc(S(=O)(=O)Nc3cc(F)ccc3OCC(F)(F)F)ccc21. The minimum atomic E-state index is -4.65. The molecule has 0 unspecified atom stereocenters. The van der Waals surface area contributed by atoms with E-state index in [1.165, 1.54) is 23.1 Å². The second-order valence-electron chi connectivity index (χ2n) is 6.07. The number of likely N-dealkylation sites (N-methyl/N-ethyl adjacent to an activating group) is 1. The van der Waals surface area contributed by atoms with Gasteiger partial charge in [0.15, 0.2) is 6.61 Å². The zero-order valence-electron chi connectivity index (χ0n) is 14.4. The number of sulfonamides is 1. The Morgan fingerprint density at radius 3 is 2.57 bits per heavy atom. The van der Waals surface area contributed by atoms with Crippen LogP contribution in [0.4, 0.5) is 28.9 Å². The van der Waals surface area contributed by atoms with Crippen molar-refractivity contribution < 1.29 is 35.5 Å². The maximum Gasteiger partial charge on any atom is 0.422 e. The van der Waals surface area contributed by atoms with E-state index in [1.807, 2.05) is 4.72 Å². The molecule has 1 N–H and O–H groups in total. The van der Waals surface area contributed by atoms with E-state index in [2.05, 4.69) is 4.74 Å². The minimum Gasteiger partial charge on any atom is -0.482 e. The second kappa shape index (κ2) is 6.97. The van der Waals surface area contributed by atoms with Gasteiger partial charge >= 0.3 is 6.18 Å². The molecule has 150 valence electrons. The highest BCUT2D eigenvalue weighted by Gasteiger charge is 2.30. The van der Waals surface area contributed by atoms with E-state index in [0.717, 1.165) is 12.1 Å². The summed E-state index contributed by atoms with van der Waals surface area (Å²) in [6.45, 7) is -1.67.